The van der Waals surface area contributed by atoms with Crippen LogP contribution < -0.4 is 11.3 Å². The maximum atomic E-state index is 5.90. The van der Waals surface area contributed by atoms with E-state index in [1.807, 2.05) is 11.3 Å². The predicted octanol–water partition coefficient (Wildman–Crippen LogP) is 4.62. The summed E-state index contributed by atoms with van der Waals surface area (Å²) >= 11 is 1.89. The normalized spacial score (nSPS) is 24.9. The molecule has 1 saturated carbocycles. The number of hydrogen-bond donors (Lipinski definition) is 2. The number of nitrogens with two attached hydrogens (primary N) is 1. The average Bonchev–Trinajstić information content (AvgIpc) is 2.91. The molecule has 0 amide bonds. The molecule has 1 aliphatic rings. The minimum absolute atomic E-state index is 0.321. The molecule has 3 unspecified atom stereocenters. The van der Waals surface area contributed by atoms with E-state index in [0.29, 0.717) is 12.0 Å². The molecule has 0 radical (unpaired) electrons. The Hall–Kier alpha value is -0.900. The molecule has 2 aromatic rings. The lowest BCUT2D eigenvalue weighted by Gasteiger charge is -2.33. The molecule has 1 aromatic carbocycles. The van der Waals surface area contributed by atoms with E-state index < -0.39 is 0 Å². The highest BCUT2D eigenvalue weighted by molar-refractivity contribution is 7.19. The van der Waals surface area contributed by atoms with Crippen LogP contribution in [0.2, 0.25) is 0 Å². The van der Waals surface area contributed by atoms with E-state index >= 15 is 0 Å². The van der Waals surface area contributed by atoms with Gasteiger partial charge in [-0.2, -0.15) is 0 Å². The Bertz CT molecular complexity index is 530. The van der Waals surface area contributed by atoms with Gasteiger partial charge in [-0.25, -0.2) is 0 Å². The van der Waals surface area contributed by atoms with Crippen LogP contribution in [0.15, 0.2) is 30.3 Å². The van der Waals surface area contributed by atoms with Crippen LogP contribution in [0.4, 0.5) is 0 Å². The maximum absolute atomic E-state index is 5.90. The summed E-state index contributed by atoms with van der Waals surface area (Å²) < 4.78 is 1.37. The third-order valence-corrected chi connectivity index (χ3v) is 6.00. The van der Waals surface area contributed by atoms with Crippen LogP contribution in [0.5, 0.6) is 0 Å². The van der Waals surface area contributed by atoms with Crippen molar-refractivity contribution in [3.63, 3.8) is 0 Å². The molecule has 3 heteroatoms. The Morgan fingerprint density at radius 3 is 2.95 bits per heavy atom. The van der Waals surface area contributed by atoms with Gasteiger partial charge in [0.05, 0.1) is 6.04 Å². The minimum Gasteiger partial charge on any atom is -0.271 e. The van der Waals surface area contributed by atoms with Crippen molar-refractivity contribution >= 4 is 21.4 Å². The zero-order valence-corrected chi connectivity index (χ0v) is 13.0. The summed E-state index contributed by atoms with van der Waals surface area (Å²) in [5.41, 5.74) is 3.10. The summed E-state index contributed by atoms with van der Waals surface area (Å²) in [7, 11) is 0. The van der Waals surface area contributed by atoms with Crippen molar-refractivity contribution in [2.24, 2.45) is 17.7 Å². The molecular weight excluding hydrogens is 264 g/mol. The first kappa shape index (κ1) is 14.1. The van der Waals surface area contributed by atoms with Crippen molar-refractivity contribution in [2.75, 3.05) is 0 Å². The third-order valence-electron chi connectivity index (χ3n) is 4.80. The molecular formula is C17H24N2S. The Labute approximate surface area is 125 Å². The molecule has 3 rings (SSSR count). The average molecular weight is 288 g/mol. The number of fused-ring (bicyclic) bond motifs is 1. The van der Waals surface area contributed by atoms with E-state index in [9.17, 15) is 0 Å². The Morgan fingerprint density at radius 2 is 2.20 bits per heavy atom. The summed E-state index contributed by atoms with van der Waals surface area (Å²) in [6.45, 7) is 2.32. The van der Waals surface area contributed by atoms with Crippen molar-refractivity contribution in [1.82, 2.24) is 5.43 Å². The van der Waals surface area contributed by atoms with Gasteiger partial charge >= 0.3 is 0 Å². The van der Waals surface area contributed by atoms with Crippen LogP contribution in [-0.2, 0) is 0 Å². The molecule has 1 aromatic heterocycles. The molecule has 3 N–H and O–H groups in total. The molecule has 1 heterocycles. The fraction of sp³-hybridized carbons (Fsp3) is 0.529. The fourth-order valence-corrected chi connectivity index (χ4v) is 4.83. The summed E-state index contributed by atoms with van der Waals surface area (Å²) in [4.78, 5) is 1.40. The molecule has 20 heavy (non-hydrogen) atoms. The quantitative estimate of drug-likeness (QED) is 0.636. The third kappa shape index (κ3) is 2.76. The second kappa shape index (κ2) is 6.25. The molecule has 1 aliphatic carbocycles. The van der Waals surface area contributed by atoms with Crippen molar-refractivity contribution in [3.05, 3.63) is 35.2 Å². The van der Waals surface area contributed by atoms with Gasteiger partial charge in [-0.1, -0.05) is 44.4 Å². The number of hydrazine groups is 1. The van der Waals surface area contributed by atoms with Gasteiger partial charge < -0.3 is 0 Å². The van der Waals surface area contributed by atoms with Gasteiger partial charge in [-0.3, -0.25) is 11.3 Å². The maximum Gasteiger partial charge on any atom is 0.0581 e. The first-order valence-electron chi connectivity index (χ1n) is 7.76. The Balaban J connectivity index is 1.85. The topological polar surface area (TPSA) is 38.0 Å². The highest BCUT2D eigenvalue weighted by atomic mass is 32.1. The number of rotatable bonds is 4. The van der Waals surface area contributed by atoms with Crippen LogP contribution in [0.1, 0.15) is 49.9 Å². The highest BCUT2D eigenvalue weighted by Crippen LogP contribution is 2.41. The van der Waals surface area contributed by atoms with E-state index in [2.05, 4.69) is 42.7 Å². The van der Waals surface area contributed by atoms with Crippen LogP contribution >= 0.6 is 11.3 Å². The van der Waals surface area contributed by atoms with Crippen molar-refractivity contribution in [1.29, 1.82) is 0 Å². The Kier molecular flexibility index (Phi) is 4.39. The van der Waals surface area contributed by atoms with E-state index in [1.165, 1.54) is 47.1 Å². The predicted molar refractivity (Wildman–Crippen MR) is 87.6 cm³/mol. The highest BCUT2D eigenvalue weighted by Gasteiger charge is 2.29. The summed E-state index contributed by atoms with van der Waals surface area (Å²) in [6.07, 6.45) is 6.68. The van der Waals surface area contributed by atoms with Crippen molar-refractivity contribution in [3.8, 4) is 0 Å². The lowest BCUT2D eigenvalue weighted by molar-refractivity contribution is 0.212. The standard InChI is InChI=1S/C17H24N2S/c1-2-12-6-5-8-14(10-12)17(19-18)16-11-13-7-3-4-9-15(13)20-16/h3-4,7,9,11-12,14,17,19H,2,5-6,8,10,18H2,1H3. The second-order valence-corrected chi connectivity index (χ2v) is 7.15. The van der Waals surface area contributed by atoms with E-state index in [1.54, 1.807) is 0 Å². The zero-order chi connectivity index (χ0) is 13.9. The molecule has 1 fully saturated rings. The zero-order valence-electron chi connectivity index (χ0n) is 12.1. The summed E-state index contributed by atoms with van der Waals surface area (Å²) in [6, 6.07) is 11.3. The molecule has 0 aliphatic heterocycles. The minimum atomic E-state index is 0.321. The van der Waals surface area contributed by atoms with Gasteiger partial charge in [-0.15, -0.1) is 11.3 Å². The number of benzene rings is 1. The van der Waals surface area contributed by atoms with E-state index in [4.69, 9.17) is 5.84 Å². The molecule has 0 spiro atoms. The summed E-state index contributed by atoms with van der Waals surface area (Å²) in [5, 5.41) is 1.34. The van der Waals surface area contributed by atoms with Gasteiger partial charge in [0.2, 0.25) is 0 Å². The molecule has 0 saturated heterocycles. The number of nitrogens with one attached hydrogen (secondary N) is 1. The van der Waals surface area contributed by atoms with Crippen molar-refractivity contribution in [2.45, 2.75) is 45.1 Å². The largest absolute Gasteiger partial charge is 0.271 e. The van der Waals surface area contributed by atoms with Crippen LogP contribution in [0.25, 0.3) is 10.1 Å². The lowest BCUT2D eigenvalue weighted by Crippen LogP contribution is -2.35. The number of hydrogen-bond acceptors (Lipinski definition) is 3. The van der Waals surface area contributed by atoms with Gasteiger partial charge in [0.1, 0.15) is 0 Å². The smallest absolute Gasteiger partial charge is 0.0581 e. The van der Waals surface area contributed by atoms with Gasteiger partial charge in [0.15, 0.2) is 0 Å². The van der Waals surface area contributed by atoms with E-state index in [0.717, 1.165) is 5.92 Å². The van der Waals surface area contributed by atoms with E-state index in [-0.39, 0.29) is 0 Å². The van der Waals surface area contributed by atoms with Gasteiger partial charge in [0, 0.05) is 9.58 Å². The fourth-order valence-electron chi connectivity index (χ4n) is 3.61. The molecule has 0 bridgehead atoms. The van der Waals surface area contributed by atoms with Crippen molar-refractivity contribution < 1.29 is 0 Å². The van der Waals surface area contributed by atoms with Gasteiger partial charge in [-0.05, 0) is 42.2 Å². The SMILES string of the molecule is CCC1CCCC(C(NN)c2cc3ccccc3s2)C1. The number of thiophene rings is 1. The monoisotopic (exact) mass is 288 g/mol. The first-order chi connectivity index (χ1) is 9.81. The second-order valence-electron chi connectivity index (χ2n) is 6.03. The van der Waals surface area contributed by atoms with Crippen LogP contribution in [0, 0.1) is 11.8 Å². The molecule has 3 atom stereocenters. The summed E-state index contributed by atoms with van der Waals surface area (Å²) in [5.74, 6) is 7.48. The molecule has 2 nitrogen and oxygen atoms in total. The Morgan fingerprint density at radius 1 is 1.35 bits per heavy atom. The van der Waals surface area contributed by atoms with Crippen LogP contribution in [0.3, 0.4) is 0 Å². The lowest BCUT2D eigenvalue weighted by atomic mass is 9.76. The van der Waals surface area contributed by atoms with Crippen LogP contribution in [-0.4, -0.2) is 0 Å². The molecule has 108 valence electrons. The van der Waals surface area contributed by atoms with Gasteiger partial charge in [0.25, 0.3) is 0 Å². The first-order valence-corrected chi connectivity index (χ1v) is 8.58.